The highest BCUT2D eigenvalue weighted by molar-refractivity contribution is 5.44. The molecule has 0 bridgehead atoms. The van der Waals surface area contributed by atoms with Crippen LogP contribution in [-0.4, -0.2) is 19.3 Å². The second-order valence-corrected chi connectivity index (χ2v) is 5.02. The Morgan fingerprint density at radius 3 is 2.11 bits per heavy atom. The fraction of sp³-hybridized carbons (Fsp3) is 0.600. The average molecular weight is 250 g/mol. The standard InChI is InChI=1S/C15H22O3/c1-17-13-8-7-12(11-14(13)18-2)15(16)9-5-3-4-6-10-15/h7-8,11,16H,3-6,9-10H2,1-2H3. The molecule has 0 heterocycles. The molecule has 0 radical (unpaired) electrons. The summed E-state index contributed by atoms with van der Waals surface area (Å²) in [6.45, 7) is 0. The van der Waals surface area contributed by atoms with Gasteiger partial charge < -0.3 is 14.6 Å². The Morgan fingerprint density at radius 1 is 0.944 bits per heavy atom. The number of ether oxygens (including phenoxy) is 2. The van der Waals surface area contributed by atoms with Crippen LogP contribution in [0.1, 0.15) is 44.1 Å². The summed E-state index contributed by atoms with van der Waals surface area (Å²) in [6.07, 6.45) is 6.28. The molecule has 0 saturated heterocycles. The number of rotatable bonds is 3. The van der Waals surface area contributed by atoms with Crippen molar-refractivity contribution in [2.75, 3.05) is 14.2 Å². The maximum atomic E-state index is 10.8. The fourth-order valence-electron chi connectivity index (χ4n) is 2.73. The van der Waals surface area contributed by atoms with Crippen LogP contribution in [-0.2, 0) is 5.60 Å². The van der Waals surface area contributed by atoms with Crippen LogP contribution in [0.5, 0.6) is 11.5 Å². The van der Waals surface area contributed by atoms with Gasteiger partial charge >= 0.3 is 0 Å². The van der Waals surface area contributed by atoms with Crippen LogP contribution in [0.2, 0.25) is 0 Å². The topological polar surface area (TPSA) is 38.7 Å². The van der Waals surface area contributed by atoms with Gasteiger partial charge in [-0.25, -0.2) is 0 Å². The molecule has 1 aliphatic carbocycles. The minimum Gasteiger partial charge on any atom is -0.493 e. The van der Waals surface area contributed by atoms with Gasteiger partial charge in [-0.3, -0.25) is 0 Å². The van der Waals surface area contributed by atoms with Gasteiger partial charge in [-0.15, -0.1) is 0 Å². The minimum atomic E-state index is -0.698. The molecule has 2 rings (SSSR count). The van der Waals surface area contributed by atoms with E-state index in [-0.39, 0.29) is 0 Å². The zero-order valence-electron chi connectivity index (χ0n) is 11.2. The highest BCUT2D eigenvalue weighted by Crippen LogP contribution is 2.39. The van der Waals surface area contributed by atoms with Crippen LogP contribution in [0.4, 0.5) is 0 Å². The normalized spacial score (nSPS) is 19.1. The molecule has 100 valence electrons. The maximum absolute atomic E-state index is 10.8. The fourth-order valence-corrected chi connectivity index (χ4v) is 2.73. The lowest BCUT2D eigenvalue weighted by Crippen LogP contribution is -2.24. The van der Waals surface area contributed by atoms with Crippen LogP contribution >= 0.6 is 0 Å². The lowest BCUT2D eigenvalue weighted by Gasteiger charge is -2.27. The first-order valence-corrected chi connectivity index (χ1v) is 6.64. The molecule has 0 atom stereocenters. The molecule has 18 heavy (non-hydrogen) atoms. The van der Waals surface area contributed by atoms with Crippen LogP contribution in [0, 0.1) is 0 Å². The summed E-state index contributed by atoms with van der Waals surface area (Å²) in [5.41, 5.74) is 0.248. The summed E-state index contributed by atoms with van der Waals surface area (Å²) in [7, 11) is 3.25. The molecular weight excluding hydrogens is 228 g/mol. The van der Waals surface area contributed by atoms with Crippen LogP contribution < -0.4 is 9.47 Å². The van der Waals surface area contributed by atoms with E-state index in [1.54, 1.807) is 14.2 Å². The van der Waals surface area contributed by atoms with E-state index in [9.17, 15) is 5.11 Å². The largest absolute Gasteiger partial charge is 0.493 e. The van der Waals surface area contributed by atoms with E-state index in [1.165, 1.54) is 12.8 Å². The monoisotopic (exact) mass is 250 g/mol. The van der Waals surface area contributed by atoms with Crippen molar-refractivity contribution >= 4 is 0 Å². The first kappa shape index (κ1) is 13.2. The Bertz CT molecular complexity index is 393. The van der Waals surface area contributed by atoms with E-state index in [1.807, 2.05) is 18.2 Å². The molecule has 1 fully saturated rings. The van der Waals surface area contributed by atoms with E-state index in [0.29, 0.717) is 11.5 Å². The van der Waals surface area contributed by atoms with Gasteiger partial charge in [0, 0.05) is 0 Å². The van der Waals surface area contributed by atoms with Crippen LogP contribution in [0.25, 0.3) is 0 Å². The van der Waals surface area contributed by atoms with Crippen molar-refractivity contribution < 1.29 is 14.6 Å². The maximum Gasteiger partial charge on any atom is 0.161 e. The molecule has 0 amide bonds. The summed E-state index contributed by atoms with van der Waals surface area (Å²) in [4.78, 5) is 0. The van der Waals surface area contributed by atoms with Gasteiger partial charge in [0.2, 0.25) is 0 Å². The third-order valence-electron chi connectivity index (χ3n) is 3.85. The number of hydrogen-bond donors (Lipinski definition) is 1. The molecule has 0 spiro atoms. The first-order valence-electron chi connectivity index (χ1n) is 6.64. The van der Waals surface area contributed by atoms with Crippen molar-refractivity contribution in [3.8, 4) is 11.5 Å². The lowest BCUT2D eigenvalue weighted by molar-refractivity contribution is 0.0205. The lowest BCUT2D eigenvalue weighted by atomic mass is 9.86. The number of aliphatic hydroxyl groups is 1. The van der Waals surface area contributed by atoms with Gasteiger partial charge in [0.25, 0.3) is 0 Å². The van der Waals surface area contributed by atoms with E-state index in [2.05, 4.69) is 0 Å². The first-order chi connectivity index (χ1) is 8.69. The number of benzene rings is 1. The number of methoxy groups -OCH3 is 2. The Hall–Kier alpha value is -1.22. The molecular formula is C15H22O3. The molecule has 1 saturated carbocycles. The minimum absolute atomic E-state index is 0.688. The van der Waals surface area contributed by atoms with Gasteiger partial charge in [-0.1, -0.05) is 31.7 Å². The molecule has 1 aliphatic rings. The summed E-state index contributed by atoms with van der Waals surface area (Å²) in [5, 5.41) is 10.8. The summed E-state index contributed by atoms with van der Waals surface area (Å²) in [5.74, 6) is 1.39. The molecule has 3 heteroatoms. The summed E-state index contributed by atoms with van der Waals surface area (Å²) < 4.78 is 10.5. The van der Waals surface area contributed by atoms with Crippen molar-refractivity contribution in [1.82, 2.24) is 0 Å². The van der Waals surface area contributed by atoms with Crippen LogP contribution in [0.3, 0.4) is 0 Å². The van der Waals surface area contributed by atoms with Gasteiger partial charge in [0.05, 0.1) is 19.8 Å². The summed E-state index contributed by atoms with van der Waals surface area (Å²) in [6, 6.07) is 5.73. The second-order valence-electron chi connectivity index (χ2n) is 5.02. The zero-order chi connectivity index (χ0) is 13.0. The molecule has 3 nitrogen and oxygen atoms in total. The van der Waals surface area contributed by atoms with Crippen molar-refractivity contribution in [2.45, 2.75) is 44.1 Å². The highest BCUT2D eigenvalue weighted by Gasteiger charge is 2.30. The van der Waals surface area contributed by atoms with Gasteiger partial charge in [-0.2, -0.15) is 0 Å². The third kappa shape index (κ3) is 2.61. The average Bonchev–Trinajstić information content (AvgIpc) is 2.63. The Kier molecular flexibility index (Phi) is 4.12. The Labute approximate surface area is 109 Å². The van der Waals surface area contributed by atoms with E-state index in [0.717, 1.165) is 31.2 Å². The third-order valence-corrected chi connectivity index (χ3v) is 3.85. The van der Waals surface area contributed by atoms with E-state index < -0.39 is 5.60 Å². The van der Waals surface area contributed by atoms with Crippen molar-refractivity contribution in [3.05, 3.63) is 23.8 Å². The van der Waals surface area contributed by atoms with Crippen molar-refractivity contribution in [2.24, 2.45) is 0 Å². The predicted molar refractivity (Wildman–Crippen MR) is 71.1 cm³/mol. The molecule has 1 aromatic rings. The van der Waals surface area contributed by atoms with Crippen molar-refractivity contribution in [1.29, 1.82) is 0 Å². The molecule has 0 aliphatic heterocycles. The highest BCUT2D eigenvalue weighted by atomic mass is 16.5. The summed E-state index contributed by atoms with van der Waals surface area (Å²) >= 11 is 0. The number of hydrogen-bond acceptors (Lipinski definition) is 3. The smallest absolute Gasteiger partial charge is 0.161 e. The van der Waals surface area contributed by atoms with Crippen molar-refractivity contribution in [3.63, 3.8) is 0 Å². The van der Waals surface area contributed by atoms with Gasteiger partial charge in [0.15, 0.2) is 11.5 Å². The molecule has 0 aromatic heterocycles. The van der Waals surface area contributed by atoms with E-state index >= 15 is 0 Å². The predicted octanol–water partition coefficient (Wildman–Crippen LogP) is 3.25. The molecule has 1 N–H and O–H groups in total. The second kappa shape index (κ2) is 5.61. The zero-order valence-corrected chi connectivity index (χ0v) is 11.2. The molecule has 1 aromatic carbocycles. The van der Waals surface area contributed by atoms with Gasteiger partial charge in [-0.05, 0) is 30.5 Å². The quantitative estimate of drug-likeness (QED) is 0.837. The Balaban J connectivity index is 2.31. The van der Waals surface area contributed by atoms with Crippen LogP contribution in [0.15, 0.2) is 18.2 Å². The molecule has 0 unspecified atom stereocenters. The Morgan fingerprint density at radius 2 is 1.56 bits per heavy atom. The van der Waals surface area contributed by atoms with Gasteiger partial charge in [0.1, 0.15) is 0 Å². The SMILES string of the molecule is COc1ccc(C2(O)CCCCCC2)cc1OC. The van der Waals surface area contributed by atoms with E-state index in [4.69, 9.17) is 9.47 Å².